The van der Waals surface area contributed by atoms with Crippen LogP contribution in [0.15, 0.2) is 48.2 Å². The van der Waals surface area contributed by atoms with Crippen molar-refractivity contribution in [1.29, 1.82) is 5.26 Å². The van der Waals surface area contributed by atoms with E-state index in [1.807, 2.05) is 43.9 Å². The van der Waals surface area contributed by atoms with Crippen LogP contribution in [0, 0.1) is 37.9 Å². The van der Waals surface area contributed by atoms with E-state index in [0.29, 0.717) is 13.1 Å². The molecule has 1 aliphatic heterocycles. The van der Waals surface area contributed by atoms with Crippen molar-refractivity contribution in [2.24, 2.45) is 0 Å². The summed E-state index contributed by atoms with van der Waals surface area (Å²) in [5, 5.41) is 12.4. The molecule has 1 N–H and O–H groups in total. The Kier molecular flexibility index (Phi) is 6.18. The number of aryl methyl sites for hydroxylation is 3. The highest BCUT2D eigenvalue weighted by Crippen LogP contribution is 2.23. The van der Waals surface area contributed by atoms with Gasteiger partial charge in [-0.15, -0.1) is 0 Å². The number of benzene rings is 2. The molecule has 2 aromatic carbocycles. The van der Waals surface area contributed by atoms with Crippen molar-refractivity contribution in [2.75, 3.05) is 36.4 Å². The van der Waals surface area contributed by atoms with E-state index in [9.17, 15) is 14.4 Å². The molecule has 3 rings (SSSR count). The number of hydrogen-bond acceptors (Lipinski definition) is 4. The number of piperazine rings is 1. The molecule has 0 spiro atoms. The molecule has 150 valence electrons. The number of rotatable bonds is 4. The first-order valence-corrected chi connectivity index (χ1v) is 9.63. The predicted molar refractivity (Wildman–Crippen MR) is 113 cm³/mol. The van der Waals surface area contributed by atoms with E-state index >= 15 is 0 Å². The second kappa shape index (κ2) is 8.78. The summed E-state index contributed by atoms with van der Waals surface area (Å²) in [7, 11) is 0. The largest absolute Gasteiger partial charge is 0.373 e. The summed E-state index contributed by atoms with van der Waals surface area (Å²) in [6.07, 6.45) is 1.64. The van der Waals surface area contributed by atoms with Gasteiger partial charge in [0.2, 0.25) is 0 Å². The van der Waals surface area contributed by atoms with E-state index in [-0.39, 0.29) is 11.4 Å². The van der Waals surface area contributed by atoms with Crippen molar-refractivity contribution in [1.82, 2.24) is 4.90 Å². The average molecular weight is 392 g/mol. The number of carbonyl (C=O) groups excluding carboxylic acids is 1. The van der Waals surface area contributed by atoms with Crippen molar-refractivity contribution in [3.63, 3.8) is 0 Å². The molecular formula is C23H25FN4O. The maximum Gasteiger partial charge on any atom is 0.267 e. The Bertz CT molecular complexity index is 944. The van der Waals surface area contributed by atoms with E-state index in [1.54, 1.807) is 18.3 Å². The van der Waals surface area contributed by atoms with E-state index in [2.05, 4.69) is 10.2 Å². The Morgan fingerprint density at radius 3 is 2.21 bits per heavy atom. The van der Waals surface area contributed by atoms with Crippen LogP contribution in [0.1, 0.15) is 16.7 Å². The van der Waals surface area contributed by atoms with Gasteiger partial charge in [0.05, 0.1) is 0 Å². The standard InChI is InChI=1S/C23H25FN4O/c1-16-12-17(2)22(18(3)13-16)26-23(29)19(14-25)15-27-8-10-28(11-9-27)21-6-4-20(24)5-7-21/h4-7,12-13,15H,8-11H2,1-3H3,(H,26,29)/b19-15-. The van der Waals surface area contributed by atoms with E-state index in [4.69, 9.17) is 0 Å². The normalized spacial score (nSPS) is 14.5. The van der Waals surface area contributed by atoms with Gasteiger partial charge < -0.3 is 15.1 Å². The van der Waals surface area contributed by atoms with Crippen LogP contribution in [-0.4, -0.2) is 37.0 Å². The highest BCUT2D eigenvalue weighted by atomic mass is 19.1. The van der Waals surface area contributed by atoms with Gasteiger partial charge in [-0.2, -0.15) is 5.26 Å². The molecule has 0 aliphatic carbocycles. The van der Waals surface area contributed by atoms with Crippen molar-refractivity contribution in [2.45, 2.75) is 20.8 Å². The predicted octanol–water partition coefficient (Wildman–Crippen LogP) is 3.92. The summed E-state index contributed by atoms with van der Waals surface area (Å²) >= 11 is 0. The number of anilines is 2. The molecule has 0 bridgehead atoms. The third kappa shape index (κ3) is 4.94. The minimum absolute atomic E-state index is 0.0830. The quantitative estimate of drug-likeness (QED) is 0.633. The molecule has 2 aromatic rings. The summed E-state index contributed by atoms with van der Waals surface area (Å²) in [4.78, 5) is 16.8. The Labute approximate surface area is 171 Å². The van der Waals surface area contributed by atoms with Crippen LogP contribution in [0.3, 0.4) is 0 Å². The zero-order valence-corrected chi connectivity index (χ0v) is 17.0. The van der Waals surface area contributed by atoms with Gasteiger partial charge in [-0.1, -0.05) is 17.7 Å². The van der Waals surface area contributed by atoms with Crippen molar-refractivity contribution in [3.05, 3.63) is 70.7 Å². The third-order valence-corrected chi connectivity index (χ3v) is 5.10. The Balaban J connectivity index is 1.65. The number of carbonyl (C=O) groups is 1. The van der Waals surface area contributed by atoms with Gasteiger partial charge in [0.25, 0.3) is 5.91 Å². The van der Waals surface area contributed by atoms with Crippen LogP contribution in [0.25, 0.3) is 0 Å². The molecule has 6 heteroatoms. The molecule has 1 heterocycles. The molecule has 1 saturated heterocycles. The van der Waals surface area contributed by atoms with Crippen molar-refractivity contribution >= 4 is 17.3 Å². The number of nitriles is 1. The maximum atomic E-state index is 13.1. The SMILES string of the molecule is Cc1cc(C)c(NC(=O)/C(C#N)=C\N2CCN(c3ccc(F)cc3)CC2)c(C)c1. The van der Waals surface area contributed by atoms with Crippen molar-refractivity contribution < 1.29 is 9.18 Å². The number of nitrogens with one attached hydrogen (secondary N) is 1. The first kappa shape index (κ1) is 20.4. The van der Waals surface area contributed by atoms with Gasteiger partial charge in [0.15, 0.2) is 0 Å². The molecular weight excluding hydrogens is 367 g/mol. The number of hydrogen-bond donors (Lipinski definition) is 1. The fraction of sp³-hybridized carbons (Fsp3) is 0.304. The smallest absolute Gasteiger partial charge is 0.267 e. The van der Waals surface area contributed by atoms with Crippen LogP contribution in [0.5, 0.6) is 0 Å². The fourth-order valence-electron chi connectivity index (χ4n) is 3.64. The monoisotopic (exact) mass is 392 g/mol. The summed E-state index contributed by atoms with van der Waals surface area (Å²) in [5.41, 5.74) is 4.89. The molecule has 1 amide bonds. The molecule has 0 aromatic heterocycles. The highest BCUT2D eigenvalue weighted by molar-refractivity contribution is 6.07. The van der Waals surface area contributed by atoms with E-state index < -0.39 is 5.91 Å². The van der Waals surface area contributed by atoms with Gasteiger partial charge in [-0.05, 0) is 56.2 Å². The molecule has 0 saturated carbocycles. The molecule has 0 unspecified atom stereocenters. The van der Waals surface area contributed by atoms with Crippen LogP contribution in [0.2, 0.25) is 0 Å². The minimum Gasteiger partial charge on any atom is -0.373 e. The summed E-state index contributed by atoms with van der Waals surface area (Å²) in [6.45, 7) is 8.73. The molecule has 0 radical (unpaired) electrons. The van der Waals surface area contributed by atoms with Crippen LogP contribution in [-0.2, 0) is 4.79 Å². The Morgan fingerprint density at radius 1 is 1.07 bits per heavy atom. The van der Waals surface area contributed by atoms with Crippen LogP contribution >= 0.6 is 0 Å². The fourth-order valence-corrected chi connectivity index (χ4v) is 3.64. The van der Waals surface area contributed by atoms with E-state index in [0.717, 1.165) is 41.2 Å². The second-order valence-electron chi connectivity index (χ2n) is 7.38. The lowest BCUT2D eigenvalue weighted by Crippen LogP contribution is -2.44. The summed E-state index contributed by atoms with van der Waals surface area (Å²) in [5.74, 6) is -0.650. The lowest BCUT2D eigenvalue weighted by Gasteiger charge is -2.35. The van der Waals surface area contributed by atoms with Crippen LogP contribution < -0.4 is 10.2 Å². The lowest BCUT2D eigenvalue weighted by molar-refractivity contribution is -0.112. The molecule has 0 atom stereocenters. The molecule has 1 fully saturated rings. The second-order valence-corrected chi connectivity index (χ2v) is 7.38. The Hall–Kier alpha value is -3.33. The zero-order chi connectivity index (χ0) is 21.0. The van der Waals surface area contributed by atoms with Gasteiger partial charge >= 0.3 is 0 Å². The molecule has 29 heavy (non-hydrogen) atoms. The van der Waals surface area contributed by atoms with E-state index in [1.165, 1.54) is 12.1 Å². The first-order chi connectivity index (χ1) is 13.9. The van der Waals surface area contributed by atoms with Gasteiger partial charge in [-0.3, -0.25) is 4.79 Å². The number of nitrogens with zero attached hydrogens (tertiary/aromatic N) is 3. The summed E-state index contributed by atoms with van der Waals surface area (Å²) in [6, 6.07) is 12.5. The number of halogens is 1. The van der Waals surface area contributed by atoms with Gasteiger partial charge in [0, 0.05) is 43.8 Å². The summed E-state index contributed by atoms with van der Waals surface area (Å²) < 4.78 is 13.1. The average Bonchev–Trinajstić information content (AvgIpc) is 2.70. The molecule has 5 nitrogen and oxygen atoms in total. The van der Waals surface area contributed by atoms with Crippen LogP contribution in [0.4, 0.5) is 15.8 Å². The Morgan fingerprint density at radius 2 is 1.66 bits per heavy atom. The van der Waals surface area contributed by atoms with Crippen molar-refractivity contribution in [3.8, 4) is 6.07 Å². The topological polar surface area (TPSA) is 59.4 Å². The van der Waals surface area contributed by atoms with Gasteiger partial charge in [-0.25, -0.2) is 4.39 Å². The molecule has 1 aliphatic rings. The zero-order valence-electron chi connectivity index (χ0n) is 17.0. The first-order valence-electron chi connectivity index (χ1n) is 9.63. The maximum absolute atomic E-state index is 13.1. The van der Waals surface area contributed by atoms with Gasteiger partial charge in [0.1, 0.15) is 17.5 Å². The minimum atomic E-state index is -0.400. The lowest BCUT2D eigenvalue weighted by atomic mass is 10.0. The number of amides is 1. The highest BCUT2D eigenvalue weighted by Gasteiger charge is 2.18. The third-order valence-electron chi connectivity index (χ3n) is 5.10.